The summed E-state index contributed by atoms with van der Waals surface area (Å²) >= 11 is 0. The van der Waals surface area contributed by atoms with Crippen LogP contribution in [0.2, 0.25) is 0 Å². The summed E-state index contributed by atoms with van der Waals surface area (Å²) in [6.45, 7) is 6.02. The summed E-state index contributed by atoms with van der Waals surface area (Å²) in [6, 6.07) is 12.8. The van der Waals surface area contributed by atoms with Gasteiger partial charge < -0.3 is 5.43 Å². The Labute approximate surface area is 125 Å². The first kappa shape index (κ1) is 13.7. The highest BCUT2D eigenvalue weighted by molar-refractivity contribution is 5.94. The molecule has 1 saturated heterocycles. The van der Waals surface area contributed by atoms with E-state index in [0.29, 0.717) is 0 Å². The van der Waals surface area contributed by atoms with Gasteiger partial charge in [0.25, 0.3) is 0 Å². The largest absolute Gasteiger partial charge is 0.302 e. The molecule has 0 aromatic heterocycles. The number of amides is 1. The molecule has 1 aliphatic heterocycles. The van der Waals surface area contributed by atoms with Crippen molar-refractivity contribution in [3.63, 3.8) is 0 Å². The van der Waals surface area contributed by atoms with Crippen molar-refractivity contribution < 1.29 is 4.79 Å². The van der Waals surface area contributed by atoms with Gasteiger partial charge >= 0.3 is 0 Å². The van der Waals surface area contributed by atoms with E-state index < -0.39 is 5.41 Å². The van der Waals surface area contributed by atoms with Crippen LogP contribution in [0.4, 0.5) is 0 Å². The first-order chi connectivity index (χ1) is 10.0. The third-order valence-electron chi connectivity index (χ3n) is 4.21. The van der Waals surface area contributed by atoms with E-state index in [1.165, 1.54) is 16.3 Å². The number of carbonyl (C=O) groups excluding carboxylic acids is 1. The number of hydrogen-bond acceptors (Lipinski definition) is 2. The van der Waals surface area contributed by atoms with Gasteiger partial charge in [0.05, 0.1) is 5.41 Å². The molecule has 1 fully saturated rings. The Balaban J connectivity index is 2.18. The van der Waals surface area contributed by atoms with Gasteiger partial charge in [0, 0.05) is 5.70 Å². The van der Waals surface area contributed by atoms with Crippen LogP contribution in [0.1, 0.15) is 31.9 Å². The van der Waals surface area contributed by atoms with Crippen molar-refractivity contribution in [1.29, 1.82) is 0 Å². The molecule has 1 heterocycles. The predicted molar refractivity (Wildman–Crippen MR) is 86.4 cm³/mol. The summed E-state index contributed by atoms with van der Waals surface area (Å²) in [5.41, 5.74) is 8.54. The first-order valence-corrected chi connectivity index (χ1v) is 7.32. The molecule has 3 nitrogen and oxygen atoms in total. The van der Waals surface area contributed by atoms with E-state index in [4.69, 9.17) is 0 Å². The summed E-state index contributed by atoms with van der Waals surface area (Å²) in [5, 5.41) is 2.44. The monoisotopic (exact) mass is 280 g/mol. The molecular weight excluding hydrogens is 260 g/mol. The molecule has 2 N–H and O–H groups in total. The Morgan fingerprint density at radius 3 is 2.57 bits per heavy atom. The summed E-state index contributed by atoms with van der Waals surface area (Å²) in [6.07, 6.45) is 3.08. The molecule has 0 aliphatic carbocycles. The molecule has 0 saturated carbocycles. The lowest BCUT2D eigenvalue weighted by Gasteiger charge is -2.15. The minimum atomic E-state index is -0.524. The predicted octanol–water partition coefficient (Wildman–Crippen LogP) is 3.40. The molecule has 108 valence electrons. The molecule has 1 aliphatic rings. The molecule has 0 radical (unpaired) electrons. The standard InChI is InChI=1S/C18H20N2O/c1-4-12-9-13-7-5-6-8-15(13)14(10-12)11-16-18(2,3)17(21)20-19-16/h5-11,19H,4H2,1-3H3,(H,20,21)/b16-11-. The summed E-state index contributed by atoms with van der Waals surface area (Å²) in [5.74, 6) is 0.00435. The zero-order valence-corrected chi connectivity index (χ0v) is 12.7. The average molecular weight is 280 g/mol. The highest BCUT2D eigenvalue weighted by Crippen LogP contribution is 2.31. The molecule has 0 unspecified atom stereocenters. The normalized spacial score (nSPS) is 18.8. The second-order valence-electron chi connectivity index (χ2n) is 6.02. The first-order valence-electron chi connectivity index (χ1n) is 7.32. The Morgan fingerprint density at radius 2 is 1.90 bits per heavy atom. The lowest BCUT2D eigenvalue weighted by Crippen LogP contribution is -2.28. The number of hydrazine groups is 1. The zero-order valence-electron chi connectivity index (χ0n) is 12.7. The van der Waals surface area contributed by atoms with Crippen molar-refractivity contribution in [3.8, 4) is 0 Å². The lowest BCUT2D eigenvalue weighted by atomic mass is 9.88. The fraction of sp³-hybridized carbons (Fsp3) is 0.278. The van der Waals surface area contributed by atoms with Gasteiger partial charge in [-0.25, -0.2) is 0 Å². The van der Waals surface area contributed by atoms with E-state index in [-0.39, 0.29) is 5.91 Å². The number of aryl methyl sites for hydroxylation is 1. The minimum absolute atomic E-state index is 0.00435. The topological polar surface area (TPSA) is 41.1 Å². The van der Waals surface area contributed by atoms with E-state index in [9.17, 15) is 4.79 Å². The third kappa shape index (κ3) is 2.29. The van der Waals surface area contributed by atoms with Crippen molar-refractivity contribution in [2.45, 2.75) is 27.2 Å². The van der Waals surface area contributed by atoms with E-state index >= 15 is 0 Å². The summed E-state index contributed by atoms with van der Waals surface area (Å²) in [7, 11) is 0. The highest BCUT2D eigenvalue weighted by atomic mass is 16.2. The minimum Gasteiger partial charge on any atom is -0.302 e. The van der Waals surface area contributed by atoms with Crippen LogP contribution in [0.25, 0.3) is 16.8 Å². The van der Waals surface area contributed by atoms with Crippen LogP contribution in [-0.4, -0.2) is 5.91 Å². The molecule has 2 aromatic carbocycles. The van der Waals surface area contributed by atoms with Crippen molar-refractivity contribution in [3.05, 3.63) is 53.2 Å². The van der Waals surface area contributed by atoms with Crippen molar-refractivity contribution in [2.75, 3.05) is 0 Å². The molecule has 1 amide bonds. The van der Waals surface area contributed by atoms with Crippen molar-refractivity contribution in [2.24, 2.45) is 5.41 Å². The van der Waals surface area contributed by atoms with Gasteiger partial charge in [-0.2, -0.15) is 0 Å². The van der Waals surface area contributed by atoms with Gasteiger partial charge in [0.2, 0.25) is 5.91 Å². The van der Waals surface area contributed by atoms with E-state index in [1.54, 1.807) is 0 Å². The molecular formula is C18H20N2O. The number of fused-ring (bicyclic) bond motifs is 1. The van der Waals surface area contributed by atoms with Crippen LogP contribution >= 0.6 is 0 Å². The fourth-order valence-corrected chi connectivity index (χ4v) is 2.66. The SMILES string of the molecule is CCc1cc(/C=C2\NNC(=O)C2(C)C)c2ccccc2c1. The second kappa shape index (κ2) is 4.92. The summed E-state index contributed by atoms with van der Waals surface area (Å²) < 4.78 is 0. The molecule has 0 atom stereocenters. The van der Waals surface area contributed by atoms with Crippen LogP contribution in [-0.2, 0) is 11.2 Å². The van der Waals surface area contributed by atoms with Crippen LogP contribution in [0, 0.1) is 5.41 Å². The highest BCUT2D eigenvalue weighted by Gasteiger charge is 2.37. The number of benzene rings is 2. The van der Waals surface area contributed by atoms with Crippen LogP contribution in [0.15, 0.2) is 42.1 Å². The lowest BCUT2D eigenvalue weighted by molar-refractivity contribution is -0.125. The van der Waals surface area contributed by atoms with Crippen LogP contribution < -0.4 is 10.9 Å². The second-order valence-corrected chi connectivity index (χ2v) is 6.02. The quantitative estimate of drug-likeness (QED) is 0.885. The van der Waals surface area contributed by atoms with Gasteiger partial charge in [-0.05, 0) is 48.2 Å². The van der Waals surface area contributed by atoms with Crippen molar-refractivity contribution >= 4 is 22.8 Å². The number of carbonyl (C=O) groups is 1. The Morgan fingerprint density at radius 1 is 1.14 bits per heavy atom. The van der Waals surface area contributed by atoms with Gasteiger partial charge in [0.1, 0.15) is 0 Å². The molecule has 3 rings (SSSR count). The van der Waals surface area contributed by atoms with E-state index in [2.05, 4.69) is 54.2 Å². The number of hydrogen-bond donors (Lipinski definition) is 2. The van der Waals surface area contributed by atoms with Gasteiger partial charge in [0.15, 0.2) is 0 Å². The zero-order chi connectivity index (χ0) is 15.0. The summed E-state index contributed by atoms with van der Waals surface area (Å²) in [4.78, 5) is 11.9. The molecule has 0 spiro atoms. The Hall–Kier alpha value is -2.29. The number of rotatable bonds is 2. The molecule has 0 bridgehead atoms. The maximum absolute atomic E-state index is 11.9. The van der Waals surface area contributed by atoms with Gasteiger partial charge in [-0.1, -0.05) is 43.3 Å². The molecule has 21 heavy (non-hydrogen) atoms. The Bertz CT molecular complexity index is 744. The van der Waals surface area contributed by atoms with Gasteiger partial charge in [-0.15, -0.1) is 0 Å². The van der Waals surface area contributed by atoms with E-state index in [1.807, 2.05) is 19.9 Å². The maximum Gasteiger partial charge on any atom is 0.249 e. The van der Waals surface area contributed by atoms with Crippen LogP contribution in [0.3, 0.4) is 0 Å². The molecule has 3 heteroatoms. The van der Waals surface area contributed by atoms with Crippen molar-refractivity contribution in [1.82, 2.24) is 10.9 Å². The number of nitrogens with one attached hydrogen (secondary N) is 2. The third-order valence-corrected chi connectivity index (χ3v) is 4.21. The van der Waals surface area contributed by atoms with Crippen LogP contribution in [0.5, 0.6) is 0 Å². The fourth-order valence-electron chi connectivity index (χ4n) is 2.66. The average Bonchev–Trinajstić information content (AvgIpc) is 2.73. The van der Waals surface area contributed by atoms with Gasteiger partial charge in [-0.3, -0.25) is 10.2 Å². The smallest absolute Gasteiger partial charge is 0.249 e. The molecule has 2 aromatic rings. The van der Waals surface area contributed by atoms with E-state index in [0.717, 1.165) is 17.7 Å². The maximum atomic E-state index is 11.9. The Kier molecular flexibility index (Phi) is 3.20.